The number of hydrogen-bond donors (Lipinski definition) is 0. The topological polar surface area (TPSA) is 64.6 Å². The number of benzene rings is 1. The zero-order valence-electron chi connectivity index (χ0n) is 11.7. The Bertz CT molecular complexity index is 725. The van der Waals surface area contributed by atoms with Gasteiger partial charge in [-0.05, 0) is 19.4 Å². The van der Waals surface area contributed by atoms with Crippen molar-refractivity contribution in [3.05, 3.63) is 24.2 Å². The summed E-state index contributed by atoms with van der Waals surface area (Å²) in [6.07, 6.45) is 2.63. The molecule has 108 valence electrons. The van der Waals surface area contributed by atoms with Crippen molar-refractivity contribution in [3.63, 3.8) is 0 Å². The molecular weight excluding hydrogens is 270 g/mol. The third kappa shape index (κ3) is 2.03. The molecule has 0 spiro atoms. The van der Waals surface area contributed by atoms with Crippen molar-refractivity contribution in [1.29, 1.82) is 0 Å². The summed E-state index contributed by atoms with van der Waals surface area (Å²) in [5.74, 6) is 1.40. The van der Waals surface area contributed by atoms with E-state index in [2.05, 4.69) is 9.97 Å². The number of rotatable bonds is 1. The van der Waals surface area contributed by atoms with Crippen LogP contribution in [0.4, 0.5) is 5.69 Å². The zero-order valence-corrected chi connectivity index (χ0v) is 11.7. The van der Waals surface area contributed by atoms with Crippen LogP contribution in [0.3, 0.4) is 0 Å². The lowest BCUT2D eigenvalue weighted by molar-refractivity contribution is -0.121. The van der Waals surface area contributed by atoms with E-state index in [0.717, 1.165) is 28.8 Å². The Morgan fingerprint density at radius 1 is 1.38 bits per heavy atom. The maximum atomic E-state index is 12.2. The average Bonchev–Trinajstić information content (AvgIpc) is 2.99. The molecule has 1 amide bonds. The molecule has 6 heteroatoms. The van der Waals surface area contributed by atoms with Crippen LogP contribution in [0.1, 0.15) is 12.2 Å². The van der Waals surface area contributed by atoms with Gasteiger partial charge in [-0.3, -0.25) is 4.79 Å². The standard InChI is InChI=1S/C15H15N3O3/c1-9-16-6-10-4-13-14(5-12(10)17-9)21-8-15(19)18(13)11-2-3-20-7-11/h4-6,11H,2-3,7-8H2,1H3. The van der Waals surface area contributed by atoms with Crippen LogP contribution < -0.4 is 9.64 Å². The summed E-state index contributed by atoms with van der Waals surface area (Å²) in [6, 6.07) is 3.90. The predicted molar refractivity (Wildman–Crippen MR) is 76.5 cm³/mol. The second kappa shape index (κ2) is 4.66. The van der Waals surface area contributed by atoms with Crippen molar-refractivity contribution in [1.82, 2.24) is 9.97 Å². The van der Waals surface area contributed by atoms with Gasteiger partial charge in [0.05, 0.1) is 23.9 Å². The number of nitrogens with zero attached hydrogens (tertiary/aromatic N) is 3. The van der Waals surface area contributed by atoms with Crippen molar-refractivity contribution in [2.75, 3.05) is 24.7 Å². The van der Waals surface area contributed by atoms with E-state index in [1.165, 1.54) is 0 Å². The Balaban J connectivity index is 1.86. The summed E-state index contributed by atoms with van der Waals surface area (Å²) in [5.41, 5.74) is 1.62. The van der Waals surface area contributed by atoms with Gasteiger partial charge < -0.3 is 14.4 Å². The molecule has 0 saturated carbocycles. The number of amides is 1. The van der Waals surface area contributed by atoms with Crippen LogP contribution in [0.2, 0.25) is 0 Å². The first-order valence-electron chi connectivity index (χ1n) is 7.02. The number of carbonyl (C=O) groups excluding carboxylic acids is 1. The minimum absolute atomic E-state index is 0.0228. The first-order valence-corrected chi connectivity index (χ1v) is 7.02. The smallest absolute Gasteiger partial charge is 0.265 e. The molecule has 21 heavy (non-hydrogen) atoms. The summed E-state index contributed by atoms with van der Waals surface area (Å²) in [6.45, 7) is 3.19. The van der Waals surface area contributed by atoms with E-state index in [9.17, 15) is 4.79 Å². The van der Waals surface area contributed by atoms with Crippen molar-refractivity contribution < 1.29 is 14.3 Å². The molecule has 0 radical (unpaired) electrons. The first-order chi connectivity index (χ1) is 10.2. The molecule has 2 aliphatic rings. The van der Waals surface area contributed by atoms with Crippen LogP contribution in [0.15, 0.2) is 18.3 Å². The van der Waals surface area contributed by atoms with E-state index in [-0.39, 0.29) is 18.6 Å². The normalized spacial score (nSPS) is 21.5. The third-order valence-corrected chi connectivity index (χ3v) is 3.93. The lowest BCUT2D eigenvalue weighted by Gasteiger charge is -2.33. The molecule has 1 fully saturated rings. The SMILES string of the molecule is Cc1ncc2cc3c(cc2n1)OCC(=O)N3C1CCOC1. The van der Waals surface area contributed by atoms with Crippen LogP contribution in [0.25, 0.3) is 10.9 Å². The number of aryl methyl sites for hydroxylation is 1. The lowest BCUT2D eigenvalue weighted by atomic mass is 10.1. The highest BCUT2D eigenvalue weighted by molar-refractivity contribution is 6.01. The molecule has 6 nitrogen and oxygen atoms in total. The van der Waals surface area contributed by atoms with Crippen molar-refractivity contribution in [2.45, 2.75) is 19.4 Å². The number of aromatic nitrogens is 2. The zero-order chi connectivity index (χ0) is 14.4. The quantitative estimate of drug-likeness (QED) is 0.793. The number of carbonyl (C=O) groups is 1. The minimum atomic E-state index is -0.0228. The average molecular weight is 285 g/mol. The summed E-state index contributed by atoms with van der Waals surface area (Å²) < 4.78 is 11.0. The second-order valence-electron chi connectivity index (χ2n) is 5.37. The second-order valence-corrected chi connectivity index (χ2v) is 5.37. The molecule has 0 bridgehead atoms. The molecule has 1 aromatic carbocycles. The molecule has 0 N–H and O–H groups in total. The molecule has 1 atom stereocenters. The van der Waals surface area contributed by atoms with Gasteiger partial charge in [-0.15, -0.1) is 0 Å². The molecule has 1 unspecified atom stereocenters. The van der Waals surface area contributed by atoms with Gasteiger partial charge in [-0.25, -0.2) is 9.97 Å². The third-order valence-electron chi connectivity index (χ3n) is 3.93. The van der Waals surface area contributed by atoms with E-state index >= 15 is 0 Å². The molecular formula is C15H15N3O3. The van der Waals surface area contributed by atoms with Gasteiger partial charge in [-0.1, -0.05) is 0 Å². The first kappa shape index (κ1) is 12.5. The van der Waals surface area contributed by atoms with Gasteiger partial charge in [0.2, 0.25) is 0 Å². The molecule has 2 aliphatic heterocycles. The minimum Gasteiger partial charge on any atom is -0.481 e. The van der Waals surface area contributed by atoms with E-state index < -0.39 is 0 Å². The van der Waals surface area contributed by atoms with Crippen LogP contribution in [-0.2, 0) is 9.53 Å². The molecule has 3 heterocycles. The molecule has 4 rings (SSSR count). The molecule has 1 saturated heterocycles. The number of hydrogen-bond acceptors (Lipinski definition) is 5. The fraction of sp³-hybridized carbons (Fsp3) is 0.400. The summed E-state index contributed by atoms with van der Waals surface area (Å²) in [5, 5.41) is 0.904. The largest absolute Gasteiger partial charge is 0.481 e. The van der Waals surface area contributed by atoms with Gasteiger partial charge in [0.15, 0.2) is 6.61 Å². The van der Waals surface area contributed by atoms with Crippen LogP contribution in [0.5, 0.6) is 5.75 Å². The highest BCUT2D eigenvalue weighted by atomic mass is 16.5. The van der Waals surface area contributed by atoms with E-state index in [4.69, 9.17) is 9.47 Å². The predicted octanol–water partition coefficient (Wildman–Crippen LogP) is 1.45. The Labute approximate surface area is 121 Å². The Morgan fingerprint density at radius 2 is 2.29 bits per heavy atom. The van der Waals surface area contributed by atoms with Crippen molar-refractivity contribution >= 4 is 22.5 Å². The van der Waals surface area contributed by atoms with Gasteiger partial charge in [0.25, 0.3) is 5.91 Å². The fourth-order valence-electron chi connectivity index (χ4n) is 2.91. The molecule has 0 aliphatic carbocycles. The van der Waals surface area contributed by atoms with Crippen LogP contribution >= 0.6 is 0 Å². The molecule has 1 aromatic heterocycles. The highest BCUT2D eigenvalue weighted by Gasteiger charge is 2.34. The van der Waals surface area contributed by atoms with Gasteiger partial charge in [-0.2, -0.15) is 0 Å². The Kier molecular flexibility index (Phi) is 2.78. The fourth-order valence-corrected chi connectivity index (χ4v) is 2.91. The maximum absolute atomic E-state index is 12.2. The van der Waals surface area contributed by atoms with Crippen molar-refractivity contribution in [2.24, 2.45) is 0 Å². The Morgan fingerprint density at radius 3 is 3.10 bits per heavy atom. The lowest BCUT2D eigenvalue weighted by Crippen LogP contribution is -2.46. The van der Waals surface area contributed by atoms with E-state index in [0.29, 0.717) is 19.0 Å². The number of ether oxygens (including phenoxy) is 2. The highest BCUT2D eigenvalue weighted by Crippen LogP contribution is 2.37. The summed E-state index contributed by atoms with van der Waals surface area (Å²) in [7, 11) is 0. The van der Waals surface area contributed by atoms with Crippen molar-refractivity contribution in [3.8, 4) is 5.75 Å². The summed E-state index contributed by atoms with van der Waals surface area (Å²) >= 11 is 0. The number of anilines is 1. The maximum Gasteiger partial charge on any atom is 0.265 e. The molecule has 2 aromatic rings. The van der Waals surface area contributed by atoms with Gasteiger partial charge >= 0.3 is 0 Å². The van der Waals surface area contributed by atoms with E-state index in [1.807, 2.05) is 24.0 Å². The van der Waals surface area contributed by atoms with Gasteiger partial charge in [0.1, 0.15) is 11.6 Å². The number of fused-ring (bicyclic) bond motifs is 2. The Hall–Kier alpha value is -2.21. The van der Waals surface area contributed by atoms with Gasteiger partial charge in [0, 0.05) is 24.3 Å². The van der Waals surface area contributed by atoms with Crippen LogP contribution in [-0.4, -0.2) is 41.7 Å². The summed E-state index contributed by atoms with van der Waals surface area (Å²) in [4.78, 5) is 22.7. The monoisotopic (exact) mass is 285 g/mol. The van der Waals surface area contributed by atoms with Crippen LogP contribution in [0, 0.1) is 6.92 Å². The van der Waals surface area contributed by atoms with E-state index in [1.54, 1.807) is 6.20 Å².